The molecule has 0 saturated heterocycles. The Labute approximate surface area is 93.1 Å². The van der Waals surface area contributed by atoms with Crippen LogP contribution in [0.15, 0.2) is 30.3 Å². The first-order valence-electron chi connectivity index (χ1n) is 5.05. The number of rotatable bonds is 6. The lowest BCUT2D eigenvalue weighted by molar-refractivity contribution is -0.764. The highest BCUT2D eigenvalue weighted by Crippen LogP contribution is 2.11. The predicted octanol–water partition coefficient (Wildman–Crippen LogP) is 2.25. The van der Waals surface area contributed by atoms with Gasteiger partial charge in [0.2, 0.25) is 0 Å². The van der Waals surface area contributed by atoms with Crippen molar-refractivity contribution in [3.63, 3.8) is 0 Å². The molecule has 0 heterocycles. The number of Topliss-reactive ketones (excluding diaryl/α,β-unsaturated/α-hetero) is 1. The van der Waals surface area contributed by atoms with Gasteiger partial charge in [0.25, 0.3) is 5.09 Å². The molecule has 1 aromatic carbocycles. The van der Waals surface area contributed by atoms with Crippen LogP contribution in [0.1, 0.15) is 30.1 Å². The Morgan fingerprint density at radius 2 is 2.06 bits per heavy atom. The van der Waals surface area contributed by atoms with Crippen LogP contribution >= 0.6 is 0 Å². The molecule has 0 spiro atoms. The smallest absolute Gasteiger partial charge is 0.295 e. The van der Waals surface area contributed by atoms with Crippen LogP contribution in [0.25, 0.3) is 0 Å². The molecule has 0 saturated carbocycles. The number of hydrogen-bond donors (Lipinski definition) is 0. The van der Waals surface area contributed by atoms with Crippen LogP contribution in [0.4, 0.5) is 0 Å². The van der Waals surface area contributed by atoms with Crippen molar-refractivity contribution >= 4 is 5.78 Å². The summed E-state index contributed by atoms with van der Waals surface area (Å²) in [5, 5.41) is 9.34. The second kappa shape index (κ2) is 5.85. The summed E-state index contributed by atoms with van der Waals surface area (Å²) >= 11 is 0. The number of nitrogens with zero attached hydrogens (tertiary/aromatic N) is 1. The SMILES string of the molecule is CCCC(O[N+](=O)[O-])C(=O)c1ccccc1. The third kappa shape index (κ3) is 3.34. The molecule has 0 fully saturated rings. The summed E-state index contributed by atoms with van der Waals surface area (Å²) in [5.74, 6) is -0.348. The Morgan fingerprint density at radius 1 is 1.44 bits per heavy atom. The van der Waals surface area contributed by atoms with E-state index >= 15 is 0 Å². The van der Waals surface area contributed by atoms with Crippen molar-refractivity contribution in [2.75, 3.05) is 0 Å². The molecule has 1 unspecified atom stereocenters. The number of carbonyl (C=O) groups excluding carboxylic acids is 1. The fourth-order valence-electron chi connectivity index (χ4n) is 1.39. The Balaban J connectivity index is 2.78. The first-order chi connectivity index (χ1) is 7.65. The maximum Gasteiger partial charge on any atom is 0.295 e. The highest BCUT2D eigenvalue weighted by atomic mass is 17.0. The average Bonchev–Trinajstić information content (AvgIpc) is 2.28. The molecule has 0 bridgehead atoms. The van der Waals surface area contributed by atoms with E-state index in [0.717, 1.165) is 0 Å². The van der Waals surface area contributed by atoms with Gasteiger partial charge >= 0.3 is 0 Å². The minimum Gasteiger partial charge on any atom is -0.302 e. The predicted molar refractivity (Wildman–Crippen MR) is 57.5 cm³/mol. The van der Waals surface area contributed by atoms with Crippen LogP contribution in [0.2, 0.25) is 0 Å². The Bertz CT molecular complexity index is 364. The van der Waals surface area contributed by atoms with E-state index in [-0.39, 0.29) is 5.78 Å². The highest BCUT2D eigenvalue weighted by Gasteiger charge is 2.22. The molecular formula is C11H13NO4. The first-order valence-corrected chi connectivity index (χ1v) is 5.05. The number of benzene rings is 1. The highest BCUT2D eigenvalue weighted by molar-refractivity contribution is 5.99. The van der Waals surface area contributed by atoms with Gasteiger partial charge < -0.3 is 4.84 Å². The summed E-state index contributed by atoms with van der Waals surface area (Å²) in [6, 6.07) is 8.44. The first kappa shape index (κ1) is 12.2. The van der Waals surface area contributed by atoms with Crippen molar-refractivity contribution in [3.8, 4) is 0 Å². The van der Waals surface area contributed by atoms with Crippen molar-refractivity contribution in [3.05, 3.63) is 46.0 Å². The van der Waals surface area contributed by atoms with E-state index in [0.29, 0.717) is 18.4 Å². The summed E-state index contributed by atoms with van der Waals surface area (Å²) < 4.78 is 0. The number of ketones is 1. The van der Waals surface area contributed by atoms with Gasteiger partial charge in [-0.25, -0.2) is 0 Å². The molecule has 0 aliphatic heterocycles. The van der Waals surface area contributed by atoms with Gasteiger partial charge in [0.15, 0.2) is 11.9 Å². The molecule has 1 aromatic rings. The van der Waals surface area contributed by atoms with E-state index in [4.69, 9.17) is 0 Å². The van der Waals surface area contributed by atoms with Crippen LogP contribution in [0.5, 0.6) is 0 Å². The molecule has 0 radical (unpaired) electrons. The fraction of sp³-hybridized carbons (Fsp3) is 0.364. The van der Waals surface area contributed by atoms with Crippen LogP contribution < -0.4 is 0 Å². The summed E-state index contributed by atoms with van der Waals surface area (Å²) in [6.45, 7) is 1.84. The van der Waals surface area contributed by atoms with Crippen molar-refractivity contribution < 1.29 is 14.7 Å². The molecule has 0 N–H and O–H groups in total. The van der Waals surface area contributed by atoms with Gasteiger partial charge in [0, 0.05) is 5.56 Å². The lowest BCUT2D eigenvalue weighted by atomic mass is 10.0. The molecule has 5 nitrogen and oxygen atoms in total. The fourth-order valence-corrected chi connectivity index (χ4v) is 1.39. The van der Waals surface area contributed by atoms with Crippen LogP contribution in [0.3, 0.4) is 0 Å². The van der Waals surface area contributed by atoms with Crippen molar-refractivity contribution in [2.45, 2.75) is 25.9 Å². The Morgan fingerprint density at radius 3 is 2.56 bits per heavy atom. The summed E-state index contributed by atoms with van der Waals surface area (Å²) in [6.07, 6.45) is -0.00592. The van der Waals surface area contributed by atoms with E-state index in [2.05, 4.69) is 4.84 Å². The van der Waals surface area contributed by atoms with Crippen molar-refractivity contribution in [1.29, 1.82) is 0 Å². The summed E-state index contributed by atoms with van der Waals surface area (Å²) in [4.78, 5) is 26.5. The minimum atomic E-state index is -0.998. The minimum absolute atomic E-state index is 0.342. The third-order valence-electron chi connectivity index (χ3n) is 2.11. The Kier molecular flexibility index (Phi) is 4.44. The summed E-state index contributed by atoms with van der Waals surface area (Å²) in [5.41, 5.74) is 0.433. The van der Waals surface area contributed by atoms with E-state index in [1.54, 1.807) is 30.3 Å². The zero-order valence-corrected chi connectivity index (χ0v) is 8.96. The van der Waals surface area contributed by atoms with Crippen molar-refractivity contribution in [1.82, 2.24) is 0 Å². The number of hydrogen-bond acceptors (Lipinski definition) is 4. The molecule has 0 aliphatic carbocycles. The standard InChI is InChI=1S/C11H13NO4/c1-2-6-10(16-12(14)15)11(13)9-7-4-3-5-8-9/h3-5,7-8,10H,2,6H2,1H3. The largest absolute Gasteiger partial charge is 0.302 e. The Hall–Kier alpha value is -1.91. The molecular weight excluding hydrogens is 210 g/mol. The molecule has 0 aliphatic rings. The molecule has 5 heteroatoms. The average molecular weight is 223 g/mol. The quantitative estimate of drug-likeness (QED) is 0.421. The van der Waals surface area contributed by atoms with E-state index in [1.807, 2.05) is 6.92 Å². The van der Waals surface area contributed by atoms with Crippen molar-refractivity contribution in [2.24, 2.45) is 0 Å². The summed E-state index contributed by atoms with van der Waals surface area (Å²) in [7, 11) is 0. The zero-order chi connectivity index (χ0) is 12.0. The monoisotopic (exact) mass is 223 g/mol. The molecule has 16 heavy (non-hydrogen) atoms. The van der Waals surface area contributed by atoms with E-state index in [1.165, 1.54) is 0 Å². The van der Waals surface area contributed by atoms with Gasteiger partial charge in [-0.3, -0.25) is 4.79 Å². The topological polar surface area (TPSA) is 69.4 Å². The second-order valence-electron chi connectivity index (χ2n) is 3.34. The van der Waals surface area contributed by atoms with Gasteiger partial charge in [-0.15, -0.1) is 10.1 Å². The normalized spacial score (nSPS) is 11.8. The maximum absolute atomic E-state index is 11.8. The van der Waals surface area contributed by atoms with Gasteiger partial charge in [0.05, 0.1) is 0 Å². The lowest BCUT2D eigenvalue weighted by Crippen LogP contribution is -2.26. The second-order valence-corrected chi connectivity index (χ2v) is 3.34. The van der Waals surface area contributed by atoms with Gasteiger partial charge in [-0.1, -0.05) is 43.7 Å². The van der Waals surface area contributed by atoms with Crippen LogP contribution in [-0.2, 0) is 4.84 Å². The molecule has 1 atom stereocenters. The van der Waals surface area contributed by atoms with Crippen LogP contribution in [-0.4, -0.2) is 17.0 Å². The van der Waals surface area contributed by atoms with E-state index < -0.39 is 11.2 Å². The van der Waals surface area contributed by atoms with Crippen LogP contribution in [0, 0.1) is 10.1 Å². The van der Waals surface area contributed by atoms with Gasteiger partial charge in [-0.2, -0.15) is 0 Å². The molecule has 0 aromatic heterocycles. The van der Waals surface area contributed by atoms with Gasteiger partial charge in [0.1, 0.15) is 0 Å². The number of carbonyl (C=O) groups is 1. The maximum atomic E-state index is 11.8. The molecule has 86 valence electrons. The molecule has 1 rings (SSSR count). The zero-order valence-electron chi connectivity index (χ0n) is 8.96. The third-order valence-corrected chi connectivity index (χ3v) is 2.11. The lowest BCUT2D eigenvalue weighted by Gasteiger charge is -2.12. The van der Waals surface area contributed by atoms with Gasteiger partial charge in [-0.05, 0) is 6.42 Å². The molecule has 0 amide bonds. The van der Waals surface area contributed by atoms with E-state index in [9.17, 15) is 14.9 Å².